The Morgan fingerprint density at radius 3 is 2.34 bits per heavy atom. The van der Waals surface area contributed by atoms with Crippen LogP contribution in [-0.4, -0.2) is 62.8 Å². The summed E-state index contributed by atoms with van der Waals surface area (Å²) in [6.07, 6.45) is 2.51. The van der Waals surface area contributed by atoms with Crippen LogP contribution in [0.15, 0.2) is 29.3 Å². The van der Waals surface area contributed by atoms with Crippen molar-refractivity contribution in [2.75, 3.05) is 18.9 Å². The first-order chi connectivity index (χ1) is 19.2. The minimum Gasteiger partial charge on any atom is -0.339 e. The van der Waals surface area contributed by atoms with E-state index in [2.05, 4.69) is 15.7 Å². The number of anilines is 1. The highest BCUT2D eigenvalue weighted by molar-refractivity contribution is 6.00. The zero-order chi connectivity index (χ0) is 30.5. The van der Waals surface area contributed by atoms with Gasteiger partial charge < -0.3 is 20.1 Å². The second kappa shape index (κ2) is 13.3. The first kappa shape index (κ1) is 31.8. The number of nitrogens with one attached hydrogen (secondary N) is 2. The van der Waals surface area contributed by atoms with Crippen LogP contribution in [-0.2, 0) is 9.59 Å². The zero-order valence-electron chi connectivity index (χ0n) is 23.5. The normalized spacial score (nSPS) is 16.1. The third kappa shape index (κ3) is 8.17. The molecule has 0 spiro atoms. The van der Waals surface area contributed by atoms with Crippen LogP contribution in [0, 0.1) is 11.7 Å². The third-order valence-electron chi connectivity index (χ3n) is 7.19. The summed E-state index contributed by atoms with van der Waals surface area (Å²) in [4.78, 5) is 52.2. The molecule has 0 aliphatic heterocycles. The lowest BCUT2D eigenvalue weighted by Gasteiger charge is -2.27. The summed E-state index contributed by atoms with van der Waals surface area (Å²) in [7, 11) is 0.929. The summed E-state index contributed by atoms with van der Waals surface area (Å²) >= 11 is 0. The molecule has 0 saturated heterocycles. The van der Waals surface area contributed by atoms with Crippen LogP contribution in [0.5, 0.6) is 0 Å². The van der Waals surface area contributed by atoms with Gasteiger partial charge in [-0.3, -0.25) is 23.9 Å². The quantitative estimate of drug-likeness (QED) is 0.341. The molecular formula is C27H36F4N6O4. The largest absolute Gasteiger partial charge is 0.406 e. The Kier molecular flexibility index (Phi) is 10.3. The van der Waals surface area contributed by atoms with Crippen LogP contribution in [0.3, 0.4) is 0 Å². The average Bonchev–Trinajstić information content (AvgIpc) is 3.24. The molecule has 1 aliphatic rings. The van der Waals surface area contributed by atoms with Crippen molar-refractivity contribution in [3.63, 3.8) is 0 Å². The van der Waals surface area contributed by atoms with Crippen LogP contribution in [0.1, 0.15) is 81.9 Å². The van der Waals surface area contributed by atoms with E-state index in [0.29, 0.717) is 28.5 Å². The molecule has 1 fully saturated rings. The van der Waals surface area contributed by atoms with E-state index in [1.807, 2.05) is 13.8 Å². The van der Waals surface area contributed by atoms with Gasteiger partial charge in [0.15, 0.2) is 5.82 Å². The summed E-state index contributed by atoms with van der Waals surface area (Å²) in [5, 5.41) is 9.33. The molecule has 1 aliphatic carbocycles. The molecular weight excluding hydrogens is 548 g/mol. The summed E-state index contributed by atoms with van der Waals surface area (Å²) < 4.78 is 55.4. The molecule has 2 heterocycles. The van der Waals surface area contributed by atoms with E-state index in [9.17, 15) is 32.3 Å². The van der Waals surface area contributed by atoms with Gasteiger partial charge in [0.05, 0.1) is 5.69 Å². The number of carbonyl (C=O) groups is 3. The molecule has 0 aromatic carbocycles. The number of likely N-dealkylation sites (N-methyl/N-ethyl adjacent to an activating group) is 1. The van der Waals surface area contributed by atoms with Gasteiger partial charge >= 0.3 is 6.18 Å². The van der Waals surface area contributed by atoms with Crippen molar-refractivity contribution >= 4 is 23.4 Å². The first-order valence-corrected chi connectivity index (χ1v) is 13.6. The van der Waals surface area contributed by atoms with Gasteiger partial charge in [0.2, 0.25) is 11.8 Å². The van der Waals surface area contributed by atoms with E-state index in [0.717, 1.165) is 38.8 Å². The molecule has 2 aromatic rings. The summed E-state index contributed by atoms with van der Waals surface area (Å²) in [6, 6.07) is -0.280. The first-order valence-electron chi connectivity index (χ1n) is 13.6. The Hall–Kier alpha value is -3.71. The number of pyridine rings is 1. The van der Waals surface area contributed by atoms with E-state index in [1.54, 1.807) is 0 Å². The minimum atomic E-state index is -4.65. The van der Waals surface area contributed by atoms with Crippen molar-refractivity contribution in [3.05, 3.63) is 46.4 Å². The van der Waals surface area contributed by atoms with E-state index in [1.165, 1.54) is 23.9 Å². The highest BCUT2D eigenvalue weighted by Crippen LogP contribution is 2.27. The topological polar surface area (TPSA) is 118 Å². The van der Waals surface area contributed by atoms with E-state index >= 15 is 4.39 Å². The number of halogens is 4. The Morgan fingerprint density at radius 2 is 1.76 bits per heavy atom. The molecule has 10 nitrogen and oxygen atoms in total. The summed E-state index contributed by atoms with van der Waals surface area (Å²) in [5.41, 5.74) is -1.12. The average molecular weight is 585 g/mol. The van der Waals surface area contributed by atoms with E-state index in [-0.39, 0.29) is 17.7 Å². The minimum absolute atomic E-state index is 0.112. The van der Waals surface area contributed by atoms with Crippen molar-refractivity contribution in [2.45, 2.75) is 83.6 Å². The van der Waals surface area contributed by atoms with Crippen LogP contribution < -0.4 is 16.2 Å². The molecule has 41 heavy (non-hydrogen) atoms. The Balaban J connectivity index is 1.84. The van der Waals surface area contributed by atoms with Crippen molar-refractivity contribution < 1.29 is 31.9 Å². The Bertz CT molecular complexity index is 1300. The molecule has 2 aromatic heterocycles. The van der Waals surface area contributed by atoms with Crippen LogP contribution >= 0.6 is 0 Å². The second-order valence-electron chi connectivity index (χ2n) is 10.7. The molecule has 14 heteroatoms. The lowest BCUT2D eigenvalue weighted by molar-refractivity contribution is -0.160. The smallest absolute Gasteiger partial charge is 0.339 e. The van der Waals surface area contributed by atoms with Gasteiger partial charge in [-0.2, -0.15) is 18.3 Å². The highest BCUT2D eigenvalue weighted by Gasteiger charge is 2.34. The number of aromatic nitrogens is 3. The summed E-state index contributed by atoms with van der Waals surface area (Å²) in [5.74, 6) is -3.59. The van der Waals surface area contributed by atoms with E-state index in [4.69, 9.17) is 0 Å². The maximum atomic E-state index is 15.1. The maximum absolute atomic E-state index is 15.1. The van der Waals surface area contributed by atoms with Gasteiger partial charge in [0, 0.05) is 31.5 Å². The van der Waals surface area contributed by atoms with Crippen molar-refractivity contribution in [1.29, 1.82) is 0 Å². The third-order valence-corrected chi connectivity index (χ3v) is 7.19. The van der Waals surface area contributed by atoms with Crippen LogP contribution in [0.2, 0.25) is 0 Å². The lowest BCUT2D eigenvalue weighted by atomic mass is 9.91. The molecule has 3 rings (SSSR count). The zero-order valence-corrected chi connectivity index (χ0v) is 23.5. The van der Waals surface area contributed by atoms with Crippen molar-refractivity contribution in [1.82, 2.24) is 24.6 Å². The van der Waals surface area contributed by atoms with Gasteiger partial charge in [0.25, 0.3) is 11.5 Å². The van der Waals surface area contributed by atoms with Gasteiger partial charge in [-0.25, -0.2) is 4.39 Å². The predicted octanol–water partition coefficient (Wildman–Crippen LogP) is 4.05. The number of nitrogens with zero attached hydrogens (tertiary/aromatic N) is 4. The molecule has 2 atom stereocenters. The van der Waals surface area contributed by atoms with Crippen molar-refractivity contribution in [3.8, 4) is 0 Å². The van der Waals surface area contributed by atoms with Crippen LogP contribution in [0.4, 0.5) is 23.2 Å². The lowest BCUT2D eigenvalue weighted by Crippen LogP contribution is -2.49. The molecule has 0 radical (unpaired) electrons. The van der Waals surface area contributed by atoms with Gasteiger partial charge in [-0.1, -0.05) is 25.7 Å². The molecule has 3 amide bonds. The molecule has 1 saturated carbocycles. The maximum Gasteiger partial charge on any atom is 0.406 e. The fourth-order valence-corrected chi connectivity index (χ4v) is 5.08. The SMILES string of the molecule is CC(C)n1nccc1C(=O)N[C@H](C(=O)Nc1cc(=O)n([C@@H](C)C(=O)N(C)CC(F)(F)F)cc1F)C1CCCCCC1. The van der Waals surface area contributed by atoms with Gasteiger partial charge in [-0.05, 0) is 45.6 Å². The highest BCUT2D eigenvalue weighted by atomic mass is 19.4. The molecule has 0 bridgehead atoms. The predicted molar refractivity (Wildman–Crippen MR) is 143 cm³/mol. The number of carbonyl (C=O) groups excluding carboxylic acids is 3. The monoisotopic (exact) mass is 584 g/mol. The number of amides is 3. The fourth-order valence-electron chi connectivity index (χ4n) is 5.08. The van der Waals surface area contributed by atoms with Crippen molar-refractivity contribution in [2.24, 2.45) is 5.92 Å². The standard InChI is InChI=1S/C27H36F4N6O4/c1-16(2)37-21(11-12-32-37)24(39)34-23(18-9-7-5-6-8-10-18)25(40)33-20-13-22(38)36(14-19(20)28)17(3)26(41)35(4)15-27(29,30)31/h11-14,16-18,23H,5-10,15H2,1-4H3,(H,33,40)(H,34,39)/t17-,23-/m0/s1. The van der Waals surface area contributed by atoms with Gasteiger partial charge in [-0.15, -0.1) is 0 Å². The fraction of sp³-hybridized carbons (Fsp3) is 0.593. The number of hydrogen-bond acceptors (Lipinski definition) is 5. The molecule has 0 unspecified atom stereocenters. The van der Waals surface area contributed by atoms with Gasteiger partial charge in [0.1, 0.15) is 24.3 Å². The summed E-state index contributed by atoms with van der Waals surface area (Å²) in [6.45, 7) is 3.35. The van der Waals surface area contributed by atoms with Crippen LogP contribution in [0.25, 0.3) is 0 Å². The number of hydrogen-bond donors (Lipinski definition) is 2. The molecule has 226 valence electrons. The number of alkyl halides is 3. The molecule has 2 N–H and O–H groups in total. The van der Waals surface area contributed by atoms with E-state index < -0.39 is 59.6 Å². The Labute approximate surface area is 235 Å². The Morgan fingerprint density at radius 1 is 1.12 bits per heavy atom. The second-order valence-corrected chi connectivity index (χ2v) is 10.7. The number of rotatable bonds is 9.